The summed E-state index contributed by atoms with van der Waals surface area (Å²) >= 11 is 0. The van der Waals surface area contributed by atoms with Crippen molar-refractivity contribution in [3.8, 4) is 0 Å². The Morgan fingerprint density at radius 1 is 1.25 bits per heavy atom. The van der Waals surface area contributed by atoms with Crippen molar-refractivity contribution >= 4 is 15.7 Å². The van der Waals surface area contributed by atoms with Gasteiger partial charge >= 0.3 is 0 Å². The highest BCUT2D eigenvalue weighted by Gasteiger charge is 2.26. The van der Waals surface area contributed by atoms with Crippen molar-refractivity contribution in [2.75, 3.05) is 5.75 Å². The number of carbonyl (C=O) groups is 1. The van der Waals surface area contributed by atoms with Gasteiger partial charge in [0.25, 0.3) is 5.91 Å². The van der Waals surface area contributed by atoms with Crippen molar-refractivity contribution in [1.29, 1.82) is 0 Å². The molecule has 1 amide bonds. The summed E-state index contributed by atoms with van der Waals surface area (Å²) < 4.78 is 37.7. The lowest BCUT2D eigenvalue weighted by Gasteiger charge is -2.14. The van der Waals surface area contributed by atoms with Crippen molar-refractivity contribution in [3.05, 3.63) is 65.0 Å². The molecule has 0 saturated heterocycles. The van der Waals surface area contributed by atoms with E-state index in [4.69, 9.17) is 0 Å². The average Bonchev–Trinajstić information content (AvgIpc) is 2.99. The zero-order chi connectivity index (χ0) is 17.3. The van der Waals surface area contributed by atoms with Crippen LogP contribution in [0, 0.1) is 5.82 Å². The number of hydrogen-bond acceptors (Lipinski definition) is 3. The molecule has 0 radical (unpaired) electrons. The number of sulfone groups is 1. The first kappa shape index (κ1) is 16.6. The fourth-order valence-corrected chi connectivity index (χ4v) is 3.92. The molecule has 2 aromatic rings. The summed E-state index contributed by atoms with van der Waals surface area (Å²) in [7, 11) is -3.37. The predicted molar refractivity (Wildman–Crippen MR) is 89.1 cm³/mol. The van der Waals surface area contributed by atoms with Crippen molar-refractivity contribution in [2.24, 2.45) is 0 Å². The Balaban J connectivity index is 1.83. The summed E-state index contributed by atoms with van der Waals surface area (Å²) in [6.45, 7) is 1.56. The second kappa shape index (κ2) is 6.36. The molecule has 1 aliphatic carbocycles. The SMILES string of the molecule is CCS(=O)(=O)c1cccc(C(=O)N[C@@H]2CCc3c(F)cccc32)c1. The minimum atomic E-state index is -3.37. The van der Waals surface area contributed by atoms with Gasteiger partial charge in [0.1, 0.15) is 5.82 Å². The number of carbonyl (C=O) groups excluding carboxylic acids is 1. The van der Waals surface area contributed by atoms with E-state index in [-0.39, 0.29) is 34.0 Å². The second-order valence-corrected chi connectivity index (χ2v) is 8.08. The summed E-state index contributed by atoms with van der Waals surface area (Å²) in [4.78, 5) is 12.6. The van der Waals surface area contributed by atoms with Gasteiger partial charge in [-0.15, -0.1) is 0 Å². The maximum atomic E-state index is 13.8. The van der Waals surface area contributed by atoms with Gasteiger partial charge in [0.15, 0.2) is 9.84 Å². The molecule has 1 N–H and O–H groups in total. The first-order valence-electron chi connectivity index (χ1n) is 7.83. The van der Waals surface area contributed by atoms with Gasteiger partial charge in [-0.05, 0) is 48.2 Å². The van der Waals surface area contributed by atoms with Crippen LogP contribution in [0.25, 0.3) is 0 Å². The molecule has 2 aromatic carbocycles. The van der Waals surface area contributed by atoms with E-state index in [9.17, 15) is 17.6 Å². The number of fused-ring (bicyclic) bond motifs is 1. The smallest absolute Gasteiger partial charge is 0.251 e. The Kier molecular flexibility index (Phi) is 4.41. The molecule has 1 atom stereocenters. The van der Waals surface area contributed by atoms with Crippen LogP contribution in [0.2, 0.25) is 0 Å². The van der Waals surface area contributed by atoms with Crippen molar-refractivity contribution < 1.29 is 17.6 Å². The lowest BCUT2D eigenvalue weighted by atomic mass is 10.1. The normalized spacial score (nSPS) is 16.7. The average molecular weight is 347 g/mol. The molecule has 6 heteroatoms. The maximum Gasteiger partial charge on any atom is 0.251 e. The highest BCUT2D eigenvalue weighted by Crippen LogP contribution is 2.32. The molecule has 0 unspecified atom stereocenters. The van der Waals surface area contributed by atoms with Crippen LogP contribution in [0.3, 0.4) is 0 Å². The predicted octanol–water partition coefficient (Wildman–Crippen LogP) is 3.04. The summed E-state index contributed by atoms with van der Waals surface area (Å²) in [6.07, 6.45) is 1.21. The number of amides is 1. The third kappa shape index (κ3) is 3.06. The van der Waals surface area contributed by atoms with Crippen LogP contribution in [-0.2, 0) is 16.3 Å². The van der Waals surface area contributed by atoms with E-state index in [1.54, 1.807) is 25.1 Å². The molecule has 1 aliphatic rings. The van der Waals surface area contributed by atoms with E-state index in [0.29, 0.717) is 18.4 Å². The van der Waals surface area contributed by atoms with E-state index in [0.717, 1.165) is 5.56 Å². The molecule has 24 heavy (non-hydrogen) atoms. The molecular weight excluding hydrogens is 329 g/mol. The summed E-state index contributed by atoms with van der Waals surface area (Å²) in [6, 6.07) is 10.6. The number of rotatable bonds is 4. The fraction of sp³-hybridized carbons (Fsp3) is 0.278. The van der Waals surface area contributed by atoms with E-state index in [2.05, 4.69) is 5.32 Å². The summed E-state index contributed by atoms with van der Waals surface area (Å²) in [5, 5.41) is 2.87. The van der Waals surface area contributed by atoms with Gasteiger partial charge in [-0.25, -0.2) is 12.8 Å². The first-order valence-corrected chi connectivity index (χ1v) is 9.48. The van der Waals surface area contributed by atoms with E-state index in [1.165, 1.54) is 18.2 Å². The van der Waals surface area contributed by atoms with Crippen LogP contribution < -0.4 is 5.32 Å². The molecule has 0 saturated carbocycles. The second-order valence-electron chi connectivity index (χ2n) is 5.80. The molecule has 126 valence electrons. The molecule has 3 rings (SSSR count). The topological polar surface area (TPSA) is 63.2 Å². The highest BCUT2D eigenvalue weighted by atomic mass is 32.2. The lowest BCUT2D eigenvalue weighted by Crippen LogP contribution is -2.27. The van der Waals surface area contributed by atoms with Gasteiger partial charge in [-0.2, -0.15) is 0 Å². The van der Waals surface area contributed by atoms with Gasteiger partial charge < -0.3 is 5.32 Å². The van der Waals surface area contributed by atoms with Crippen molar-refractivity contribution in [2.45, 2.75) is 30.7 Å². The van der Waals surface area contributed by atoms with Gasteiger partial charge in [-0.3, -0.25) is 4.79 Å². The van der Waals surface area contributed by atoms with Crippen molar-refractivity contribution in [3.63, 3.8) is 0 Å². The molecule has 4 nitrogen and oxygen atoms in total. The quantitative estimate of drug-likeness (QED) is 0.925. The van der Waals surface area contributed by atoms with Crippen LogP contribution in [-0.4, -0.2) is 20.1 Å². The van der Waals surface area contributed by atoms with Crippen LogP contribution in [0.15, 0.2) is 47.4 Å². The Hall–Kier alpha value is -2.21. The maximum absolute atomic E-state index is 13.8. The van der Waals surface area contributed by atoms with Crippen LogP contribution >= 0.6 is 0 Å². The summed E-state index contributed by atoms with van der Waals surface area (Å²) in [5.74, 6) is -0.626. The highest BCUT2D eigenvalue weighted by molar-refractivity contribution is 7.91. The molecule has 0 aliphatic heterocycles. The van der Waals surface area contributed by atoms with E-state index >= 15 is 0 Å². The standard InChI is InChI=1S/C18H18FNO3S/c1-2-24(22,23)13-6-3-5-12(11-13)18(21)20-17-10-9-14-15(17)7-4-8-16(14)19/h3-8,11,17H,2,9-10H2,1H3,(H,20,21)/t17-/m1/s1. The number of benzene rings is 2. The number of hydrogen-bond donors (Lipinski definition) is 1. The molecule has 0 heterocycles. The van der Waals surface area contributed by atoms with E-state index < -0.39 is 9.84 Å². The van der Waals surface area contributed by atoms with E-state index in [1.807, 2.05) is 6.07 Å². The minimum Gasteiger partial charge on any atom is -0.345 e. The Bertz CT molecular complexity index is 893. The zero-order valence-electron chi connectivity index (χ0n) is 13.3. The van der Waals surface area contributed by atoms with Gasteiger partial charge in [0, 0.05) is 5.56 Å². The Morgan fingerprint density at radius 3 is 2.75 bits per heavy atom. The van der Waals surface area contributed by atoms with Gasteiger partial charge in [0.05, 0.1) is 16.7 Å². The Labute approximate surface area is 140 Å². The molecular formula is C18H18FNO3S. The van der Waals surface area contributed by atoms with Crippen LogP contribution in [0.1, 0.15) is 40.9 Å². The summed E-state index contributed by atoms with van der Waals surface area (Å²) in [5.41, 5.74) is 1.72. The molecule has 0 spiro atoms. The first-order chi connectivity index (χ1) is 11.4. The molecule has 0 fully saturated rings. The van der Waals surface area contributed by atoms with Gasteiger partial charge in [-0.1, -0.05) is 25.1 Å². The monoisotopic (exact) mass is 347 g/mol. The minimum absolute atomic E-state index is 0.0205. The van der Waals surface area contributed by atoms with Crippen molar-refractivity contribution in [1.82, 2.24) is 5.32 Å². The van der Waals surface area contributed by atoms with Crippen LogP contribution in [0.5, 0.6) is 0 Å². The number of halogens is 1. The third-order valence-corrected chi connectivity index (χ3v) is 6.09. The fourth-order valence-electron chi connectivity index (χ4n) is 3.00. The largest absolute Gasteiger partial charge is 0.345 e. The Morgan fingerprint density at radius 2 is 2.00 bits per heavy atom. The lowest BCUT2D eigenvalue weighted by molar-refractivity contribution is 0.0936. The van der Waals surface area contributed by atoms with Crippen LogP contribution in [0.4, 0.5) is 4.39 Å². The molecule has 0 aromatic heterocycles. The number of nitrogens with one attached hydrogen (secondary N) is 1. The third-order valence-electron chi connectivity index (χ3n) is 4.35. The molecule has 0 bridgehead atoms. The zero-order valence-corrected chi connectivity index (χ0v) is 14.1. The van der Waals surface area contributed by atoms with Gasteiger partial charge in [0.2, 0.25) is 0 Å².